The van der Waals surface area contributed by atoms with E-state index in [1.165, 1.54) is 83.5 Å². The Bertz CT molecular complexity index is 292. The first kappa shape index (κ1) is 41.3. The van der Waals surface area contributed by atoms with Gasteiger partial charge >= 0.3 is 105 Å². The molecule has 152 valence electrons. The van der Waals surface area contributed by atoms with Gasteiger partial charge in [0.25, 0.3) is 0 Å². The van der Waals surface area contributed by atoms with Crippen molar-refractivity contribution in [2.24, 2.45) is 0 Å². The van der Waals surface area contributed by atoms with E-state index in [0.29, 0.717) is 0 Å². The zero-order valence-corrected chi connectivity index (χ0v) is 25.6. The number of hydrogen-bond acceptors (Lipinski definition) is 6. The van der Waals surface area contributed by atoms with Crippen LogP contribution < -0.4 is 53.8 Å². The van der Waals surface area contributed by atoms with Crippen LogP contribution in [0.1, 0.15) is 110 Å². The Morgan fingerprint density at radius 2 is 0.821 bits per heavy atom. The Balaban J connectivity index is -0.000000195. The average Bonchev–Trinajstić information content (AvgIpc) is 2.49. The first-order valence-corrected chi connectivity index (χ1v) is 11.4. The average molecular weight is 479 g/mol. The van der Waals surface area contributed by atoms with Gasteiger partial charge in [-0.25, -0.2) is 0 Å². The third kappa shape index (κ3) is 56.9. The van der Waals surface area contributed by atoms with Crippen molar-refractivity contribution in [3.63, 3.8) is 0 Å². The molecule has 0 amide bonds. The molecule has 0 fully saturated rings. The molecule has 0 N–H and O–H groups in total. The van der Waals surface area contributed by atoms with Crippen molar-refractivity contribution in [1.82, 2.24) is 0 Å². The summed E-state index contributed by atoms with van der Waals surface area (Å²) in [6.45, 7) is 2.27. The van der Waals surface area contributed by atoms with E-state index in [1.807, 2.05) is 0 Å². The molecule has 0 bridgehead atoms. The Hall–Kier alpha value is 3.05. The summed E-state index contributed by atoms with van der Waals surface area (Å²) in [5.41, 5.74) is 0. The first-order valence-electron chi connectivity index (χ1n) is 9.79. The summed E-state index contributed by atoms with van der Waals surface area (Å²) in [4.78, 5) is 44.5. The molecule has 0 rings (SSSR count). The van der Waals surface area contributed by atoms with Crippen molar-refractivity contribution in [1.29, 1.82) is 0 Å². The van der Waals surface area contributed by atoms with Gasteiger partial charge in [-0.1, -0.05) is 96.8 Å². The van der Waals surface area contributed by atoms with Gasteiger partial charge < -0.3 is 38.1 Å². The Labute approximate surface area is 255 Å². The van der Waals surface area contributed by atoms with E-state index < -0.39 is 15.0 Å². The van der Waals surface area contributed by atoms with Crippen LogP contribution in [0.4, 0.5) is 0 Å². The minimum Gasteiger partial charge on any atom is -0.894 e. The molecule has 0 saturated carbocycles. The summed E-state index contributed by atoms with van der Waals surface area (Å²) in [5, 5.41) is 10.2. The number of hydrogen-bond donors (Lipinski definition) is 0. The molecule has 0 spiro atoms. The van der Waals surface area contributed by atoms with Crippen LogP contribution in [0, 0.1) is 0 Å². The van der Waals surface area contributed by atoms with Gasteiger partial charge in [0, 0.05) is 5.97 Å². The van der Waals surface area contributed by atoms with Crippen molar-refractivity contribution < 1.29 is 58.6 Å². The first-order chi connectivity index (χ1) is 11.8. The molecule has 0 radical (unpaired) electrons. The second kappa shape index (κ2) is 32.2. The molecular formula is C18H35Ca2NaO6Si. The molecule has 10 heteroatoms. The SMILES string of the molecule is CCCCCCCCCCCCCCCCCC(=O)[O-].[Ca+2].[Ca+2].[Na+].[O-][Si]([O-])([O-])[O-]. The van der Waals surface area contributed by atoms with Crippen molar-refractivity contribution in [3.8, 4) is 0 Å². The predicted molar refractivity (Wildman–Crippen MR) is 102 cm³/mol. The standard InChI is InChI=1S/C18H36O2.2Ca.Na.O4Si/c1-2-3-4-5-6-7-8-9-10-11-12-13-14-15-16-17-18(19)20;;;;1-5(2,3)4/h2-17H2,1H3,(H,19,20);;;;/q;2*+2;+1;-4/p-1. The Morgan fingerprint density at radius 1 is 0.607 bits per heavy atom. The van der Waals surface area contributed by atoms with E-state index in [1.54, 1.807) is 0 Å². The van der Waals surface area contributed by atoms with Gasteiger partial charge in [0.15, 0.2) is 0 Å². The molecule has 6 nitrogen and oxygen atoms in total. The van der Waals surface area contributed by atoms with Gasteiger partial charge in [-0.2, -0.15) is 0 Å². The molecular weight excluding hydrogens is 443 g/mol. The smallest absolute Gasteiger partial charge is 0.894 e. The normalized spacial score (nSPS) is 9.89. The number of carboxylic acids is 1. The van der Waals surface area contributed by atoms with Gasteiger partial charge in [-0.15, -0.1) is 0 Å². The molecule has 0 atom stereocenters. The molecule has 0 aliphatic heterocycles. The van der Waals surface area contributed by atoms with Gasteiger partial charge in [-0.05, 0) is 12.8 Å². The fourth-order valence-electron chi connectivity index (χ4n) is 2.64. The minimum absolute atomic E-state index is 0. The zero-order valence-electron chi connectivity index (χ0n) is 18.2. The third-order valence-corrected chi connectivity index (χ3v) is 3.98. The van der Waals surface area contributed by atoms with E-state index in [4.69, 9.17) is 19.2 Å². The summed E-state index contributed by atoms with van der Waals surface area (Å²) in [7, 11) is -5.61. The maximum atomic E-state index is 10.2. The van der Waals surface area contributed by atoms with Crippen LogP contribution in [0.2, 0.25) is 0 Å². The molecule has 0 aliphatic rings. The van der Waals surface area contributed by atoms with Crippen molar-refractivity contribution in [2.45, 2.75) is 110 Å². The van der Waals surface area contributed by atoms with Crippen molar-refractivity contribution in [2.75, 3.05) is 0 Å². The fourth-order valence-corrected chi connectivity index (χ4v) is 2.64. The maximum Gasteiger partial charge on any atom is 2.00 e. The van der Waals surface area contributed by atoms with Crippen LogP contribution in [0.25, 0.3) is 0 Å². The molecule has 0 heterocycles. The van der Waals surface area contributed by atoms with E-state index in [9.17, 15) is 9.90 Å². The molecule has 28 heavy (non-hydrogen) atoms. The number of carbonyl (C=O) groups is 1. The summed E-state index contributed by atoms with van der Waals surface area (Å²) in [6.07, 6.45) is 19.9. The third-order valence-electron chi connectivity index (χ3n) is 3.98. The number of carbonyl (C=O) groups excluding carboxylic acids is 1. The van der Waals surface area contributed by atoms with Crippen molar-refractivity contribution in [3.05, 3.63) is 0 Å². The molecule has 0 saturated heterocycles. The van der Waals surface area contributed by atoms with Crippen LogP contribution in [-0.4, -0.2) is 90.5 Å². The summed E-state index contributed by atoms with van der Waals surface area (Å²) >= 11 is 0. The Morgan fingerprint density at radius 3 is 1.04 bits per heavy atom. The van der Waals surface area contributed by atoms with Gasteiger partial charge in [-0.3, -0.25) is 0 Å². The van der Waals surface area contributed by atoms with Crippen LogP contribution in [-0.2, 0) is 4.79 Å². The van der Waals surface area contributed by atoms with E-state index in [-0.39, 0.29) is 111 Å². The molecule has 0 aromatic rings. The van der Waals surface area contributed by atoms with Crippen LogP contribution in [0.5, 0.6) is 0 Å². The molecule has 0 aliphatic carbocycles. The molecule has 0 aromatic heterocycles. The van der Waals surface area contributed by atoms with Crippen LogP contribution in [0.15, 0.2) is 0 Å². The van der Waals surface area contributed by atoms with Crippen LogP contribution in [0.3, 0.4) is 0 Å². The summed E-state index contributed by atoms with van der Waals surface area (Å²) in [5.74, 6) is -0.903. The Kier molecular flexibility index (Phi) is 47.6. The van der Waals surface area contributed by atoms with Crippen LogP contribution >= 0.6 is 0 Å². The van der Waals surface area contributed by atoms with Crippen molar-refractivity contribution >= 4 is 90.5 Å². The van der Waals surface area contributed by atoms with Gasteiger partial charge in [0.1, 0.15) is 0 Å². The zero-order chi connectivity index (χ0) is 19.4. The monoisotopic (exact) mass is 478 g/mol. The van der Waals surface area contributed by atoms with E-state index >= 15 is 0 Å². The van der Waals surface area contributed by atoms with Gasteiger partial charge in [0.05, 0.1) is 0 Å². The summed E-state index contributed by atoms with van der Waals surface area (Å²) in [6, 6.07) is 0. The maximum absolute atomic E-state index is 10.2. The van der Waals surface area contributed by atoms with Gasteiger partial charge in [0.2, 0.25) is 0 Å². The predicted octanol–water partition coefficient (Wildman–Crippen LogP) is -3.90. The summed E-state index contributed by atoms with van der Waals surface area (Å²) < 4.78 is 0. The number of unbranched alkanes of at least 4 members (excludes halogenated alkanes) is 14. The van der Waals surface area contributed by atoms with E-state index in [2.05, 4.69) is 6.92 Å². The second-order valence-electron chi connectivity index (χ2n) is 6.57. The molecule has 0 aromatic carbocycles. The topological polar surface area (TPSA) is 132 Å². The number of rotatable bonds is 16. The van der Waals surface area contributed by atoms with E-state index in [0.717, 1.165) is 12.8 Å². The second-order valence-corrected chi connectivity index (χ2v) is 7.57. The number of carboxylic acid groups (broad SMARTS) is 1. The fraction of sp³-hybridized carbons (Fsp3) is 0.944. The number of aliphatic carboxylic acids is 1. The molecule has 0 unspecified atom stereocenters. The largest absolute Gasteiger partial charge is 2.00 e. The quantitative estimate of drug-likeness (QED) is 0.165. The minimum atomic E-state index is -5.61.